The molecule has 0 aliphatic carbocycles. The van der Waals surface area contributed by atoms with Gasteiger partial charge in [0.2, 0.25) is 0 Å². The van der Waals surface area contributed by atoms with Crippen molar-refractivity contribution in [1.29, 1.82) is 0 Å². The minimum atomic E-state index is -1.11. The molecule has 1 aromatic heterocycles. The van der Waals surface area contributed by atoms with Crippen LogP contribution in [0.2, 0.25) is 10.0 Å². The third-order valence-electron chi connectivity index (χ3n) is 4.58. The Hall–Kier alpha value is -2.94. The summed E-state index contributed by atoms with van der Waals surface area (Å²) in [5.74, 6) is -1.77. The maximum absolute atomic E-state index is 14.9. The van der Waals surface area contributed by atoms with Crippen molar-refractivity contribution in [1.82, 2.24) is 4.98 Å². The van der Waals surface area contributed by atoms with Crippen LogP contribution in [0, 0.1) is 11.7 Å². The number of hydrogen-bond donors (Lipinski definition) is 2. The molecule has 10 heteroatoms. The predicted octanol–water partition coefficient (Wildman–Crippen LogP) is 7.03. The molecule has 3 rings (SSSR count). The third kappa shape index (κ3) is 6.14. The van der Waals surface area contributed by atoms with Crippen molar-refractivity contribution < 1.29 is 23.8 Å². The van der Waals surface area contributed by atoms with Gasteiger partial charge in [-0.25, -0.2) is 14.2 Å². The number of benzene rings is 2. The Morgan fingerprint density at radius 1 is 1.26 bits per heavy atom. The fourth-order valence-electron chi connectivity index (χ4n) is 2.83. The molecule has 0 saturated carbocycles. The summed E-state index contributed by atoms with van der Waals surface area (Å²) in [6.07, 6.45) is 1.33. The summed E-state index contributed by atoms with van der Waals surface area (Å²) in [7, 11) is 0. The predicted molar refractivity (Wildman–Crippen MR) is 134 cm³/mol. The van der Waals surface area contributed by atoms with E-state index in [4.69, 9.17) is 33.0 Å². The molecule has 0 bridgehead atoms. The van der Waals surface area contributed by atoms with E-state index >= 15 is 0 Å². The van der Waals surface area contributed by atoms with Crippen LogP contribution in [-0.4, -0.2) is 28.6 Å². The van der Waals surface area contributed by atoms with E-state index in [9.17, 15) is 14.0 Å². The highest BCUT2D eigenvalue weighted by molar-refractivity contribution is 7.14. The van der Waals surface area contributed by atoms with Crippen molar-refractivity contribution in [2.45, 2.75) is 20.8 Å². The third-order valence-corrected chi connectivity index (χ3v) is 5.96. The number of hydrogen-bond acceptors (Lipinski definition) is 5. The molecule has 3 aromatic rings. The average Bonchev–Trinajstić information content (AvgIpc) is 3.23. The number of amides is 1. The highest BCUT2D eigenvalue weighted by Crippen LogP contribution is 2.33. The van der Waals surface area contributed by atoms with Gasteiger partial charge in [0.1, 0.15) is 0 Å². The van der Waals surface area contributed by atoms with Gasteiger partial charge in [-0.05, 0) is 43.2 Å². The average molecular weight is 523 g/mol. The molecule has 0 radical (unpaired) electrons. The van der Waals surface area contributed by atoms with E-state index in [0.717, 1.165) is 11.3 Å². The summed E-state index contributed by atoms with van der Waals surface area (Å²) in [4.78, 5) is 28.1. The van der Waals surface area contributed by atoms with Crippen LogP contribution in [0.1, 0.15) is 36.7 Å². The van der Waals surface area contributed by atoms with Gasteiger partial charge in [0.25, 0.3) is 5.91 Å². The van der Waals surface area contributed by atoms with Crippen molar-refractivity contribution in [3.63, 3.8) is 0 Å². The molecule has 1 amide bonds. The first-order valence-corrected chi connectivity index (χ1v) is 11.8. The Balaban J connectivity index is 1.80. The van der Waals surface area contributed by atoms with E-state index < -0.39 is 17.7 Å². The normalized spacial score (nSPS) is 11.6. The van der Waals surface area contributed by atoms with E-state index in [2.05, 4.69) is 10.3 Å². The number of aromatic nitrogens is 1. The van der Waals surface area contributed by atoms with E-state index in [1.165, 1.54) is 25.1 Å². The molecule has 6 nitrogen and oxygen atoms in total. The van der Waals surface area contributed by atoms with Crippen LogP contribution < -0.4 is 10.1 Å². The standard InChI is InChI=1S/C24H21Cl2FN2O4S/c1-12(2)10-33-20-6-4-5-15(21(20)27)19-11-34-24(28-19)29-22(30)14-8-17(25)16(18(26)9-14)7-13(3)23(31)32/h4-9,11-12H,10H2,1-3H3,(H,31,32)(H,28,29,30)/b13-7+. The molecule has 0 spiro atoms. The number of aliphatic carboxylic acids is 1. The Bertz CT molecular complexity index is 1250. The number of nitrogens with one attached hydrogen (secondary N) is 1. The van der Waals surface area contributed by atoms with Gasteiger partial charge in [-0.1, -0.05) is 43.1 Å². The van der Waals surface area contributed by atoms with Crippen molar-refractivity contribution in [3.8, 4) is 17.0 Å². The summed E-state index contributed by atoms with van der Waals surface area (Å²) < 4.78 is 20.4. The Kier molecular flexibility index (Phi) is 8.30. The molecule has 0 aliphatic rings. The monoisotopic (exact) mass is 522 g/mol. The lowest BCUT2D eigenvalue weighted by atomic mass is 10.1. The van der Waals surface area contributed by atoms with Crippen molar-refractivity contribution in [2.75, 3.05) is 11.9 Å². The second kappa shape index (κ2) is 11.0. The van der Waals surface area contributed by atoms with Crippen LogP contribution in [-0.2, 0) is 4.79 Å². The molecule has 2 aromatic carbocycles. The van der Waals surface area contributed by atoms with Crippen LogP contribution in [0.4, 0.5) is 9.52 Å². The smallest absolute Gasteiger partial charge is 0.331 e. The number of anilines is 1. The number of thiazole rings is 1. The zero-order valence-corrected chi connectivity index (χ0v) is 20.8. The molecule has 1 heterocycles. The number of carboxylic acids is 1. The summed E-state index contributed by atoms with van der Waals surface area (Å²) in [6, 6.07) is 7.59. The fourth-order valence-corrected chi connectivity index (χ4v) is 4.13. The number of carbonyl (C=O) groups excluding carboxylic acids is 1. The van der Waals surface area contributed by atoms with Crippen LogP contribution in [0.5, 0.6) is 5.75 Å². The SMILES string of the molecule is C/C(=C\c1c(Cl)cc(C(=O)Nc2nc(-c3cccc(OCC(C)C)c3F)cs2)cc1Cl)C(=O)O. The van der Waals surface area contributed by atoms with Crippen LogP contribution in [0.15, 0.2) is 41.3 Å². The maximum Gasteiger partial charge on any atom is 0.331 e. The molecule has 178 valence electrons. The Labute approximate surface area is 210 Å². The van der Waals surface area contributed by atoms with Gasteiger partial charge < -0.3 is 9.84 Å². The molecule has 0 saturated heterocycles. The second-order valence-electron chi connectivity index (χ2n) is 7.80. The van der Waals surface area contributed by atoms with Crippen molar-refractivity contribution in [3.05, 3.63) is 68.3 Å². The Morgan fingerprint density at radius 2 is 1.94 bits per heavy atom. The fraction of sp³-hybridized carbons (Fsp3) is 0.208. The minimum Gasteiger partial charge on any atom is -0.490 e. The maximum atomic E-state index is 14.9. The van der Waals surface area contributed by atoms with E-state index in [1.807, 2.05) is 13.8 Å². The van der Waals surface area contributed by atoms with Gasteiger partial charge in [-0.3, -0.25) is 10.1 Å². The van der Waals surface area contributed by atoms with Crippen LogP contribution >= 0.6 is 34.5 Å². The number of carboxylic acid groups (broad SMARTS) is 1. The van der Waals surface area contributed by atoms with Gasteiger partial charge >= 0.3 is 5.97 Å². The quantitative estimate of drug-likeness (QED) is 0.310. The largest absolute Gasteiger partial charge is 0.490 e. The first kappa shape index (κ1) is 25.7. The molecule has 0 fully saturated rings. The lowest BCUT2D eigenvalue weighted by molar-refractivity contribution is -0.132. The number of carbonyl (C=O) groups is 2. The van der Waals surface area contributed by atoms with Crippen LogP contribution in [0.3, 0.4) is 0 Å². The van der Waals surface area contributed by atoms with E-state index in [1.54, 1.807) is 23.6 Å². The highest BCUT2D eigenvalue weighted by Gasteiger charge is 2.17. The number of rotatable bonds is 8. The van der Waals surface area contributed by atoms with Gasteiger partial charge in [-0.2, -0.15) is 0 Å². The molecule has 0 unspecified atom stereocenters. The number of halogens is 3. The lowest BCUT2D eigenvalue weighted by Crippen LogP contribution is -2.12. The van der Waals surface area contributed by atoms with Crippen molar-refractivity contribution in [2.24, 2.45) is 5.92 Å². The zero-order valence-electron chi connectivity index (χ0n) is 18.5. The first-order chi connectivity index (χ1) is 16.1. The van der Waals surface area contributed by atoms with Gasteiger partial charge in [0.05, 0.1) is 22.3 Å². The molecule has 0 atom stereocenters. The van der Waals surface area contributed by atoms with E-state index in [-0.39, 0.29) is 43.5 Å². The van der Waals surface area contributed by atoms with Gasteiger partial charge in [-0.15, -0.1) is 11.3 Å². The minimum absolute atomic E-state index is 0.0437. The number of nitrogens with zero attached hydrogens (tertiary/aromatic N) is 1. The summed E-state index contributed by atoms with van der Waals surface area (Å²) in [5, 5.41) is 13.8. The van der Waals surface area contributed by atoms with Crippen molar-refractivity contribution >= 4 is 57.6 Å². The Morgan fingerprint density at radius 3 is 2.56 bits per heavy atom. The second-order valence-corrected chi connectivity index (χ2v) is 9.47. The molecule has 0 aliphatic heterocycles. The van der Waals surface area contributed by atoms with Gasteiger partial charge in [0, 0.05) is 27.6 Å². The summed E-state index contributed by atoms with van der Waals surface area (Å²) >= 11 is 13.6. The molecule has 2 N–H and O–H groups in total. The zero-order chi connectivity index (χ0) is 25.0. The molecular formula is C24H21Cl2FN2O4S. The summed E-state index contributed by atoms with van der Waals surface area (Å²) in [6.45, 7) is 5.73. The summed E-state index contributed by atoms with van der Waals surface area (Å²) in [5.41, 5.74) is 1.11. The number of ether oxygens (including phenoxy) is 1. The topological polar surface area (TPSA) is 88.5 Å². The van der Waals surface area contributed by atoms with Gasteiger partial charge in [0.15, 0.2) is 16.7 Å². The molecule has 34 heavy (non-hydrogen) atoms. The molecular weight excluding hydrogens is 502 g/mol. The highest BCUT2D eigenvalue weighted by atomic mass is 35.5. The van der Waals surface area contributed by atoms with Crippen LogP contribution in [0.25, 0.3) is 17.3 Å². The first-order valence-electron chi connectivity index (χ1n) is 10.2. The van der Waals surface area contributed by atoms with E-state index in [0.29, 0.717) is 17.9 Å². The lowest BCUT2D eigenvalue weighted by Gasteiger charge is -2.11.